The smallest absolute Gasteiger partial charge is 0.305 e. The van der Waals surface area contributed by atoms with Crippen molar-refractivity contribution < 1.29 is 90.4 Å². The molecule has 3 aromatic rings. The standard InChI is InChI=1S/C58H88Cl2FN7O18/c59-49-40-48(41-50(60)42-49)52(43-57(71)72)68-58(73)53(62-12-3-1-4-13-63-54-6-2-5-14-64-54)45-66-55(69)11-16-74-18-20-76-22-24-78-26-28-80-30-32-82-34-36-84-38-39-85-37-35-83-33-31-81-29-27-79-25-23-77-21-19-75-17-15-65-56(70)46-86-67-44-47-7-9-51(61)10-8-47/h2,5-10,14,40-42,44,52-53,62H,1,3-4,11-13,15-39,43,45-46H2,(H,63,64)(H,65,70)(H,66,69)(H,68,73)(H,71,72)/b67-44+/t52?,53-/m0/s1. The summed E-state index contributed by atoms with van der Waals surface area (Å²) in [5.41, 5.74) is 1.09. The average molecular weight is 1260 g/mol. The zero-order valence-corrected chi connectivity index (χ0v) is 50.6. The van der Waals surface area contributed by atoms with Gasteiger partial charge in [-0.05, 0) is 73.0 Å². The van der Waals surface area contributed by atoms with Crippen LogP contribution in [0.25, 0.3) is 0 Å². The lowest BCUT2D eigenvalue weighted by atomic mass is 10.0. The van der Waals surface area contributed by atoms with Gasteiger partial charge in [0, 0.05) is 42.3 Å². The topological polar surface area (TPSA) is 294 Å². The van der Waals surface area contributed by atoms with Crippen molar-refractivity contribution in [3.63, 3.8) is 0 Å². The fraction of sp³-hybridized carbons (Fsp3) is 0.621. The monoisotopic (exact) mass is 1260 g/mol. The average Bonchev–Trinajstić information content (AvgIpc) is 3.56. The van der Waals surface area contributed by atoms with E-state index in [2.05, 4.69) is 36.7 Å². The highest BCUT2D eigenvalue weighted by atomic mass is 35.5. The van der Waals surface area contributed by atoms with E-state index in [9.17, 15) is 28.7 Å². The molecule has 1 aromatic heterocycles. The molecular formula is C58H88Cl2FN7O18. The van der Waals surface area contributed by atoms with Crippen molar-refractivity contribution in [2.75, 3.05) is 197 Å². The highest BCUT2D eigenvalue weighted by molar-refractivity contribution is 6.34. The van der Waals surface area contributed by atoms with E-state index in [1.807, 2.05) is 18.2 Å². The molecule has 2 aromatic carbocycles. The highest BCUT2D eigenvalue weighted by Crippen LogP contribution is 2.26. The number of ether oxygens (including phenoxy) is 12. The molecule has 86 heavy (non-hydrogen) atoms. The molecule has 0 radical (unpaired) electrons. The number of carbonyl (C=O) groups is 4. The summed E-state index contributed by atoms with van der Waals surface area (Å²) in [5.74, 6) is -1.81. The molecule has 0 bridgehead atoms. The first kappa shape index (κ1) is 75.0. The Morgan fingerprint density at radius 2 is 1.03 bits per heavy atom. The number of aliphatic carboxylic acids is 1. The van der Waals surface area contributed by atoms with E-state index in [0.29, 0.717) is 180 Å². The van der Waals surface area contributed by atoms with E-state index in [1.54, 1.807) is 30.5 Å². The molecule has 3 rings (SSSR count). The van der Waals surface area contributed by atoms with Gasteiger partial charge in [-0.3, -0.25) is 19.2 Å². The van der Waals surface area contributed by atoms with Crippen LogP contribution in [-0.2, 0) is 80.9 Å². The van der Waals surface area contributed by atoms with Crippen molar-refractivity contribution in [2.24, 2.45) is 5.16 Å². The zero-order chi connectivity index (χ0) is 61.6. The van der Waals surface area contributed by atoms with E-state index < -0.39 is 30.4 Å². The Labute approximate surface area is 513 Å². The van der Waals surface area contributed by atoms with E-state index >= 15 is 0 Å². The number of anilines is 1. The minimum absolute atomic E-state index is 0.0364. The summed E-state index contributed by atoms with van der Waals surface area (Å²) < 4.78 is 79.0. The molecule has 25 nitrogen and oxygen atoms in total. The minimum Gasteiger partial charge on any atom is -0.481 e. The number of nitrogens with zero attached hydrogens (tertiary/aromatic N) is 2. The van der Waals surface area contributed by atoms with E-state index in [0.717, 1.165) is 31.6 Å². The maximum atomic E-state index is 13.6. The number of carbonyl (C=O) groups excluding carboxylic acids is 3. The van der Waals surface area contributed by atoms with Crippen LogP contribution >= 0.6 is 23.2 Å². The number of hydrogen-bond donors (Lipinski definition) is 6. The quantitative estimate of drug-likeness (QED) is 0.0261. The van der Waals surface area contributed by atoms with Crippen molar-refractivity contribution in [1.29, 1.82) is 0 Å². The van der Waals surface area contributed by atoms with E-state index in [-0.39, 0.29) is 50.4 Å². The molecule has 0 saturated carbocycles. The lowest BCUT2D eigenvalue weighted by Gasteiger charge is -2.24. The number of nitrogens with one attached hydrogen (secondary N) is 5. The van der Waals surface area contributed by atoms with Gasteiger partial charge in [0.05, 0.1) is 177 Å². The first-order valence-electron chi connectivity index (χ1n) is 28.8. The number of carboxylic acid groups (broad SMARTS) is 1. The predicted molar refractivity (Wildman–Crippen MR) is 318 cm³/mol. The molecule has 0 aliphatic heterocycles. The molecular weight excluding hydrogens is 1170 g/mol. The van der Waals surface area contributed by atoms with E-state index in [1.165, 1.54) is 24.4 Å². The number of amides is 3. The van der Waals surface area contributed by atoms with Crippen LogP contribution in [-0.4, -0.2) is 237 Å². The Balaban J connectivity index is 1.02. The molecule has 1 unspecified atom stereocenters. The van der Waals surface area contributed by atoms with Gasteiger partial charge in [-0.1, -0.05) is 53.0 Å². The SMILES string of the molecule is O=C(O)CC(NC(=O)[C@H](CNC(=O)CCOCCOCCOCCOCCOCCOCCOCCOCCOCCOCCOCCOCCNC(=O)CO/N=C/c1ccc(F)cc1)NCCCCCNc1ccccn1)c1cc(Cl)cc(Cl)c1. The number of benzene rings is 2. The summed E-state index contributed by atoms with van der Waals surface area (Å²) in [4.78, 5) is 59.0. The lowest BCUT2D eigenvalue weighted by molar-refractivity contribution is -0.138. The first-order chi connectivity index (χ1) is 42.1. The molecule has 28 heteroatoms. The van der Waals surface area contributed by atoms with Crippen molar-refractivity contribution in [3.8, 4) is 0 Å². The van der Waals surface area contributed by atoms with E-state index in [4.69, 9.17) is 84.9 Å². The maximum absolute atomic E-state index is 13.6. The van der Waals surface area contributed by atoms with Gasteiger partial charge in [0.2, 0.25) is 11.8 Å². The Bertz CT molecular complexity index is 2200. The summed E-state index contributed by atoms with van der Waals surface area (Å²) in [6.45, 7) is 10.8. The van der Waals surface area contributed by atoms with Crippen LogP contribution in [0.15, 0.2) is 72.0 Å². The number of oxime groups is 1. The Kier molecular flexibility index (Phi) is 46.1. The van der Waals surface area contributed by atoms with Gasteiger partial charge >= 0.3 is 5.97 Å². The summed E-state index contributed by atoms with van der Waals surface area (Å²) >= 11 is 12.4. The highest BCUT2D eigenvalue weighted by Gasteiger charge is 2.25. The number of aromatic nitrogens is 1. The van der Waals surface area contributed by atoms with Crippen LogP contribution in [0, 0.1) is 5.82 Å². The third kappa shape index (κ3) is 43.4. The Morgan fingerprint density at radius 3 is 1.51 bits per heavy atom. The number of carboxylic acids is 1. The fourth-order valence-corrected chi connectivity index (χ4v) is 7.71. The van der Waals surface area contributed by atoms with Crippen molar-refractivity contribution in [3.05, 3.63) is 93.8 Å². The third-order valence-electron chi connectivity index (χ3n) is 11.5. The largest absolute Gasteiger partial charge is 0.481 e. The molecule has 2 atom stereocenters. The van der Waals surface area contributed by atoms with Gasteiger partial charge in [0.1, 0.15) is 17.7 Å². The zero-order valence-electron chi connectivity index (χ0n) is 49.0. The molecule has 0 aliphatic rings. The Morgan fingerprint density at radius 1 is 0.558 bits per heavy atom. The van der Waals surface area contributed by atoms with Crippen LogP contribution in [0.4, 0.5) is 10.2 Å². The van der Waals surface area contributed by atoms with Crippen LogP contribution in [0.5, 0.6) is 0 Å². The summed E-state index contributed by atoms with van der Waals surface area (Å²) in [6.07, 6.45) is 5.26. The summed E-state index contributed by atoms with van der Waals surface area (Å²) in [7, 11) is 0. The molecule has 0 aliphatic carbocycles. The van der Waals surface area contributed by atoms with Gasteiger partial charge in [0.25, 0.3) is 5.91 Å². The molecule has 6 N–H and O–H groups in total. The lowest BCUT2D eigenvalue weighted by Crippen LogP contribution is -2.52. The van der Waals surface area contributed by atoms with Crippen LogP contribution in [0.2, 0.25) is 10.0 Å². The third-order valence-corrected chi connectivity index (χ3v) is 11.9. The number of hydrogen-bond acceptors (Lipinski definition) is 21. The number of pyridine rings is 1. The second-order valence-corrected chi connectivity index (χ2v) is 19.3. The Hall–Kier alpha value is -5.27. The van der Waals surface area contributed by atoms with Gasteiger partial charge < -0.3 is 93.4 Å². The number of unbranched alkanes of at least 4 members (excludes halogenated alkanes) is 2. The van der Waals surface area contributed by atoms with Gasteiger partial charge in [0.15, 0.2) is 6.61 Å². The van der Waals surface area contributed by atoms with Gasteiger partial charge in [-0.15, -0.1) is 0 Å². The molecule has 0 saturated heterocycles. The fourth-order valence-electron chi connectivity index (χ4n) is 7.17. The van der Waals surface area contributed by atoms with Crippen molar-refractivity contribution in [2.45, 2.75) is 44.2 Å². The van der Waals surface area contributed by atoms with Crippen LogP contribution in [0.1, 0.15) is 49.3 Å². The number of halogens is 3. The molecule has 484 valence electrons. The molecule has 1 heterocycles. The first-order valence-corrected chi connectivity index (χ1v) is 29.6. The van der Waals surface area contributed by atoms with Crippen molar-refractivity contribution >= 4 is 58.9 Å². The molecule has 0 spiro atoms. The second-order valence-electron chi connectivity index (χ2n) is 18.4. The second kappa shape index (κ2) is 52.8. The van der Waals surface area contributed by atoms with Crippen molar-refractivity contribution in [1.82, 2.24) is 26.3 Å². The number of rotatable bonds is 58. The summed E-state index contributed by atoms with van der Waals surface area (Å²) in [6, 6.07) is 14.2. The van der Waals surface area contributed by atoms with Gasteiger partial charge in [-0.25, -0.2) is 9.37 Å². The van der Waals surface area contributed by atoms with Crippen LogP contribution in [0.3, 0.4) is 0 Å². The summed E-state index contributed by atoms with van der Waals surface area (Å²) in [5, 5.41) is 28.6. The van der Waals surface area contributed by atoms with Gasteiger partial charge in [-0.2, -0.15) is 0 Å². The normalized spacial score (nSPS) is 12.1. The molecule has 0 fully saturated rings. The van der Waals surface area contributed by atoms with Crippen LogP contribution < -0.4 is 26.6 Å². The minimum atomic E-state index is -1.12. The maximum Gasteiger partial charge on any atom is 0.305 e. The predicted octanol–water partition coefficient (Wildman–Crippen LogP) is 4.27. The molecule has 3 amide bonds.